The number of likely N-dealkylation sites (tertiary alicyclic amines) is 1. The Morgan fingerprint density at radius 1 is 0.732 bits per heavy atom. The van der Waals surface area contributed by atoms with E-state index in [1.807, 2.05) is 56.9 Å². The maximum absolute atomic E-state index is 15.0. The number of nitrogens with zero attached hydrogens (tertiary/aromatic N) is 7. The molecule has 10 rings (SSSR count). The number of hydrogen-bond donors (Lipinski definition) is 4. The Morgan fingerprint density at radius 2 is 1.38 bits per heavy atom. The highest BCUT2D eigenvalue weighted by Crippen LogP contribution is 2.29. The molecule has 97 heavy (non-hydrogen) atoms. The number of aromatic amines is 1. The Bertz CT molecular complexity index is 3730. The number of aromatic nitrogens is 2. The molecule has 1 atom stereocenters. The van der Waals surface area contributed by atoms with Crippen molar-refractivity contribution in [3.05, 3.63) is 181 Å². The fraction of sp³-hybridized carbons (Fsp3) is 0.474. The van der Waals surface area contributed by atoms with E-state index in [0.717, 1.165) is 108 Å². The molecule has 0 bridgehead atoms. The quantitative estimate of drug-likeness (QED) is 0.0388. The molecule has 6 amide bonds. The lowest BCUT2D eigenvalue weighted by Gasteiger charge is -2.41. The number of rotatable bonds is 21. The Balaban J connectivity index is 0.000000258. The highest BCUT2D eigenvalue weighted by Gasteiger charge is 2.35. The highest BCUT2D eigenvalue weighted by molar-refractivity contribution is 6.09. The molecule has 20 nitrogen and oxygen atoms in total. The van der Waals surface area contributed by atoms with Gasteiger partial charge in [0.2, 0.25) is 24.1 Å². The van der Waals surface area contributed by atoms with Crippen LogP contribution in [0.5, 0.6) is 0 Å². The summed E-state index contributed by atoms with van der Waals surface area (Å²) in [4.78, 5) is 110. The van der Waals surface area contributed by atoms with E-state index in [1.165, 1.54) is 23.6 Å². The molecule has 3 saturated heterocycles. The average Bonchev–Trinajstić information content (AvgIpc) is 0.810. The smallest absolute Gasteiger partial charge is 0.410 e. The van der Waals surface area contributed by atoms with Crippen LogP contribution in [0.15, 0.2) is 114 Å². The lowest BCUT2D eigenvalue weighted by molar-refractivity contribution is -0.138. The van der Waals surface area contributed by atoms with Crippen molar-refractivity contribution in [1.29, 1.82) is 5.41 Å². The fourth-order valence-corrected chi connectivity index (χ4v) is 13.2. The van der Waals surface area contributed by atoms with E-state index in [0.29, 0.717) is 122 Å². The van der Waals surface area contributed by atoms with Gasteiger partial charge in [0.05, 0.1) is 23.2 Å². The van der Waals surface area contributed by atoms with Crippen LogP contribution in [0.2, 0.25) is 0 Å². The van der Waals surface area contributed by atoms with Gasteiger partial charge in [0.1, 0.15) is 23.7 Å². The van der Waals surface area contributed by atoms with E-state index in [2.05, 4.69) is 63.4 Å². The summed E-state index contributed by atoms with van der Waals surface area (Å²) in [6.45, 7) is 20.7. The molecule has 0 radical (unpaired) electrons. The molecule has 0 spiro atoms. The number of H-pyrrole nitrogens is 1. The lowest BCUT2D eigenvalue weighted by Crippen LogP contribution is -2.56. The van der Waals surface area contributed by atoms with Crippen LogP contribution >= 0.6 is 0 Å². The molecule has 1 aromatic heterocycles. The third-order valence-electron chi connectivity index (χ3n) is 18.5. The van der Waals surface area contributed by atoms with Crippen LogP contribution in [0.3, 0.4) is 0 Å². The maximum Gasteiger partial charge on any atom is 0.410 e. The molecule has 5 aromatic carbocycles. The van der Waals surface area contributed by atoms with Gasteiger partial charge in [0.15, 0.2) is 0 Å². The number of hydrogen-bond acceptors (Lipinski definition) is 13. The lowest BCUT2D eigenvalue weighted by atomic mass is 9.83. The molecule has 5 N–H and O–H groups in total. The first kappa shape index (κ1) is 75.4. The minimum Gasteiger partial charge on any atom is -0.444 e. The first-order valence-electron chi connectivity index (χ1n) is 33.9. The van der Waals surface area contributed by atoms with Crippen molar-refractivity contribution in [2.45, 2.75) is 131 Å². The van der Waals surface area contributed by atoms with Gasteiger partial charge in [-0.15, -0.1) is 0 Å². The molecule has 6 aromatic rings. The highest BCUT2D eigenvalue weighted by atomic mass is 19.1. The molecule has 1 saturated carbocycles. The number of nitrogens with one attached hydrogen (secondary N) is 3. The van der Waals surface area contributed by atoms with Crippen molar-refractivity contribution in [2.24, 2.45) is 17.6 Å². The van der Waals surface area contributed by atoms with Gasteiger partial charge in [-0.25, -0.2) is 14.3 Å². The van der Waals surface area contributed by atoms with Crippen LogP contribution in [0.25, 0.3) is 10.8 Å². The Labute approximate surface area is 571 Å². The fourth-order valence-electron chi connectivity index (χ4n) is 13.2. The van der Waals surface area contributed by atoms with Crippen molar-refractivity contribution in [2.75, 3.05) is 91.6 Å². The van der Waals surface area contributed by atoms with E-state index in [9.17, 15) is 42.7 Å². The van der Waals surface area contributed by atoms with Crippen LogP contribution in [-0.4, -0.2) is 191 Å². The minimum atomic E-state index is -0.598. The summed E-state index contributed by atoms with van der Waals surface area (Å²) < 4.78 is 20.4. The number of carbonyl (C=O) groups excluding carboxylic acids is 7. The predicted molar refractivity (Wildman–Crippen MR) is 378 cm³/mol. The molecule has 520 valence electrons. The molecule has 1 aliphatic carbocycles. The second-order valence-electron chi connectivity index (χ2n) is 26.8. The van der Waals surface area contributed by atoms with E-state index in [1.54, 1.807) is 69.3 Å². The molecule has 3 aliphatic heterocycles. The van der Waals surface area contributed by atoms with Crippen LogP contribution in [0.1, 0.15) is 157 Å². The molecular formula is C76H100FN11O9. The largest absolute Gasteiger partial charge is 0.444 e. The van der Waals surface area contributed by atoms with Crippen molar-refractivity contribution >= 4 is 58.9 Å². The van der Waals surface area contributed by atoms with Crippen molar-refractivity contribution < 1.29 is 42.7 Å². The van der Waals surface area contributed by atoms with Crippen molar-refractivity contribution in [3.63, 3.8) is 0 Å². The van der Waals surface area contributed by atoms with Gasteiger partial charge in [0, 0.05) is 113 Å². The summed E-state index contributed by atoms with van der Waals surface area (Å²) in [7, 11) is 0. The Kier molecular flexibility index (Phi) is 28.3. The van der Waals surface area contributed by atoms with Gasteiger partial charge in [-0.05, 0) is 151 Å². The first-order valence-corrected chi connectivity index (χ1v) is 33.9. The standard InChI is InChI=1S/C41H53FN8O5.C17H16N2O2.C17H27NO2.CH4/c42-35-11-10-30(25-36-32-8-4-5-9-33(32)39(53)45-44-36)24-34(35)40(54)49-22-20-48(21-23-49)37(52)27-46-14-12-29(13-15-46)26-47-16-18-50(19-17-47)41(55)38(43-28-51)31-6-2-1-3-7-31;1-11-6-7-12(8-13(11)10-20)9-16(18)14-4-2-3-5-15(14)17(19)21;1-6-11-18(16(19)20-17(3,4)5)12-10-15-9-7-8-14(2)13-15;/h4-5,8-11,24,28-29,31,38H,1-3,6-7,12-23,25-27H2,(H,43,51)(H,45,53);2-8,10,18H,9H2,1H3,(H2,19,21);7-9,13H,6,10-12H2,1-5H3;1H4. The number of aldehydes is 1. The average molecular weight is 1330 g/mol. The van der Waals surface area contributed by atoms with Gasteiger partial charge in [-0.3, -0.25) is 43.4 Å². The summed E-state index contributed by atoms with van der Waals surface area (Å²) in [6.07, 6.45) is 11.2. The van der Waals surface area contributed by atoms with Crippen molar-refractivity contribution in [1.82, 2.24) is 44.9 Å². The summed E-state index contributed by atoms with van der Waals surface area (Å²) >= 11 is 0. The minimum absolute atomic E-state index is 0. The number of nitrogens with two attached hydrogens (primary N) is 1. The number of aryl methyl sites for hydroxylation is 2. The Morgan fingerprint density at radius 3 is 2.03 bits per heavy atom. The third kappa shape index (κ3) is 21.8. The summed E-state index contributed by atoms with van der Waals surface area (Å²) in [5, 5.41) is 19.0. The number of benzene rings is 5. The number of fused-ring (bicyclic) bond motifs is 1. The number of piperazine rings is 2. The SMILES string of the molecule is C.CCCN(CCc1cccc(C)c1)C(=O)OC(C)(C)C.Cc1ccc(CC(=N)c2ccccc2C(N)=O)cc1C=O.O=CNC(C(=O)N1CCN(CC2CCN(CC(=O)N3CCN(C(=O)c4cc(Cc5n[nH]c(=O)c6ccccc56)ccc4F)CC3)CC2)CC1)C1CCCCC1. The number of carbonyl (C=O) groups is 7. The molecule has 21 heteroatoms. The molecular weight excluding hydrogens is 1230 g/mol. The number of piperidine rings is 1. The zero-order valence-corrected chi connectivity index (χ0v) is 56.7. The summed E-state index contributed by atoms with van der Waals surface area (Å²) in [5.41, 5.74) is 12.0. The van der Waals surface area contributed by atoms with Gasteiger partial charge in [-0.1, -0.05) is 118 Å². The molecule has 4 fully saturated rings. The monoisotopic (exact) mass is 1330 g/mol. The normalized spacial score (nSPS) is 15.9. The van der Waals surface area contributed by atoms with E-state index >= 15 is 0 Å². The number of amides is 6. The van der Waals surface area contributed by atoms with Crippen LogP contribution < -0.4 is 16.6 Å². The topological polar surface area (TPSA) is 256 Å². The summed E-state index contributed by atoms with van der Waals surface area (Å²) in [5.74, 6) is -0.656. The van der Waals surface area contributed by atoms with Crippen molar-refractivity contribution in [3.8, 4) is 0 Å². The molecule has 4 heterocycles. The van der Waals surface area contributed by atoms with Gasteiger partial charge in [-0.2, -0.15) is 5.10 Å². The van der Waals surface area contributed by atoms with Crippen LogP contribution in [0, 0.1) is 36.9 Å². The molecule has 1 unspecified atom stereocenters. The predicted octanol–water partition coefficient (Wildman–Crippen LogP) is 9.83. The number of primary amides is 1. The van der Waals surface area contributed by atoms with E-state index in [4.69, 9.17) is 15.9 Å². The zero-order valence-electron chi connectivity index (χ0n) is 56.7. The second-order valence-corrected chi connectivity index (χ2v) is 26.8. The van der Waals surface area contributed by atoms with Gasteiger partial charge < -0.3 is 40.8 Å². The zero-order chi connectivity index (χ0) is 68.9. The number of halogens is 1. The van der Waals surface area contributed by atoms with Gasteiger partial charge in [0.25, 0.3) is 11.5 Å². The third-order valence-corrected chi connectivity index (χ3v) is 18.5. The summed E-state index contributed by atoms with van der Waals surface area (Å²) in [6, 6.07) is 32.0. The van der Waals surface area contributed by atoms with Crippen LogP contribution in [-0.2, 0) is 38.4 Å². The maximum atomic E-state index is 15.0. The second kappa shape index (κ2) is 36.4. The molecule has 4 aliphatic rings. The first-order chi connectivity index (χ1) is 46.1. The Hall–Kier alpha value is -8.95. The van der Waals surface area contributed by atoms with Gasteiger partial charge >= 0.3 is 6.09 Å². The van der Waals surface area contributed by atoms with Crippen LogP contribution in [0.4, 0.5) is 9.18 Å². The van der Waals surface area contributed by atoms with E-state index in [-0.39, 0.29) is 42.4 Å². The number of ether oxygens (including phenoxy) is 1. The van der Waals surface area contributed by atoms with E-state index < -0.39 is 29.3 Å².